The first-order valence-electron chi connectivity index (χ1n) is 8.55. The number of aryl methyl sites for hydroxylation is 1. The highest BCUT2D eigenvalue weighted by Gasteiger charge is 2.34. The Labute approximate surface area is 130 Å². The molecule has 1 aromatic rings. The number of piperazine rings is 1. The van der Waals surface area contributed by atoms with Gasteiger partial charge < -0.3 is 5.32 Å². The molecule has 2 atom stereocenters. The van der Waals surface area contributed by atoms with Crippen LogP contribution in [-0.2, 0) is 6.42 Å². The van der Waals surface area contributed by atoms with Gasteiger partial charge in [-0.25, -0.2) is 0 Å². The van der Waals surface area contributed by atoms with E-state index in [1.165, 1.54) is 31.4 Å². The van der Waals surface area contributed by atoms with Crippen LogP contribution in [0.5, 0.6) is 0 Å². The highest BCUT2D eigenvalue weighted by Crippen LogP contribution is 2.22. The van der Waals surface area contributed by atoms with E-state index in [4.69, 9.17) is 0 Å². The van der Waals surface area contributed by atoms with Gasteiger partial charge in [0.2, 0.25) is 0 Å². The molecule has 0 amide bonds. The lowest BCUT2D eigenvalue weighted by Crippen LogP contribution is -2.63. The SMILES string of the molecule is CCC(C)C1CNC(C)(C)CN1CCCc1ccccc1. The zero-order valence-corrected chi connectivity index (χ0v) is 14.2. The van der Waals surface area contributed by atoms with Crippen molar-refractivity contribution in [3.8, 4) is 0 Å². The molecular weight excluding hydrogens is 256 g/mol. The van der Waals surface area contributed by atoms with Crippen molar-refractivity contribution >= 4 is 0 Å². The molecule has 2 heteroatoms. The zero-order valence-electron chi connectivity index (χ0n) is 14.2. The zero-order chi connectivity index (χ0) is 15.3. The second-order valence-electron chi connectivity index (χ2n) is 7.28. The highest BCUT2D eigenvalue weighted by atomic mass is 15.2. The van der Waals surface area contributed by atoms with E-state index in [1.54, 1.807) is 0 Å². The first-order chi connectivity index (χ1) is 10.0. The summed E-state index contributed by atoms with van der Waals surface area (Å²) in [6, 6.07) is 11.6. The third kappa shape index (κ3) is 4.82. The lowest BCUT2D eigenvalue weighted by molar-refractivity contribution is 0.0628. The first kappa shape index (κ1) is 16.5. The van der Waals surface area contributed by atoms with Crippen molar-refractivity contribution in [2.75, 3.05) is 19.6 Å². The Morgan fingerprint density at radius 2 is 2.00 bits per heavy atom. The molecule has 1 saturated heterocycles. The molecule has 1 heterocycles. The Hall–Kier alpha value is -0.860. The smallest absolute Gasteiger partial charge is 0.0252 e. The van der Waals surface area contributed by atoms with Crippen LogP contribution in [0.15, 0.2) is 30.3 Å². The van der Waals surface area contributed by atoms with Crippen LogP contribution in [0.3, 0.4) is 0 Å². The van der Waals surface area contributed by atoms with Crippen LogP contribution in [0, 0.1) is 5.92 Å². The minimum absolute atomic E-state index is 0.247. The fourth-order valence-corrected chi connectivity index (χ4v) is 3.40. The van der Waals surface area contributed by atoms with Gasteiger partial charge in [0.05, 0.1) is 0 Å². The Morgan fingerprint density at radius 3 is 2.67 bits per heavy atom. The maximum absolute atomic E-state index is 3.72. The Morgan fingerprint density at radius 1 is 1.29 bits per heavy atom. The number of hydrogen-bond donors (Lipinski definition) is 1. The number of benzene rings is 1. The normalized spacial score (nSPS) is 23.9. The van der Waals surface area contributed by atoms with Crippen molar-refractivity contribution in [2.24, 2.45) is 5.92 Å². The predicted octanol–water partition coefficient (Wildman–Crippen LogP) is 3.72. The molecule has 2 nitrogen and oxygen atoms in total. The molecule has 118 valence electrons. The molecule has 1 N–H and O–H groups in total. The van der Waals surface area contributed by atoms with E-state index in [2.05, 4.69) is 68.2 Å². The first-order valence-corrected chi connectivity index (χ1v) is 8.55. The molecule has 21 heavy (non-hydrogen) atoms. The molecule has 0 aromatic heterocycles. The molecule has 0 saturated carbocycles. The number of hydrogen-bond acceptors (Lipinski definition) is 2. The van der Waals surface area contributed by atoms with Crippen LogP contribution < -0.4 is 5.32 Å². The molecular formula is C19H32N2. The summed E-state index contributed by atoms with van der Waals surface area (Å²) < 4.78 is 0. The van der Waals surface area contributed by atoms with Gasteiger partial charge in [0, 0.05) is 24.7 Å². The van der Waals surface area contributed by atoms with Gasteiger partial charge >= 0.3 is 0 Å². The second kappa shape index (κ2) is 7.42. The number of nitrogens with one attached hydrogen (secondary N) is 1. The van der Waals surface area contributed by atoms with Gasteiger partial charge in [0.15, 0.2) is 0 Å². The van der Waals surface area contributed by atoms with Gasteiger partial charge in [-0.1, -0.05) is 50.6 Å². The third-order valence-corrected chi connectivity index (χ3v) is 4.91. The summed E-state index contributed by atoms with van der Waals surface area (Å²) in [5.41, 5.74) is 1.71. The van der Waals surface area contributed by atoms with Crippen molar-refractivity contribution in [3.05, 3.63) is 35.9 Å². The van der Waals surface area contributed by atoms with E-state index < -0.39 is 0 Å². The highest BCUT2D eigenvalue weighted by molar-refractivity contribution is 5.14. The monoisotopic (exact) mass is 288 g/mol. The summed E-state index contributed by atoms with van der Waals surface area (Å²) >= 11 is 0. The van der Waals surface area contributed by atoms with Crippen LogP contribution >= 0.6 is 0 Å². The van der Waals surface area contributed by atoms with Crippen LogP contribution in [0.4, 0.5) is 0 Å². The maximum atomic E-state index is 3.72. The fraction of sp³-hybridized carbons (Fsp3) is 0.684. The van der Waals surface area contributed by atoms with Gasteiger partial charge in [-0.05, 0) is 44.7 Å². The summed E-state index contributed by atoms with van der Waals surface area (Å²) in [7, 11) is 0. The van der Waals surface area contributed by atoms with Gasteiger partial charge in [0.1, 0.15) is 0 Å². The maximum Gasteiger partial charge on any atom is 0.0252 e. The quantitative estimate of drug-likeness (QED) is 0.858. The molecule has 1 aliphatic rings. The molecule has 2 rings (SSSR count). The van der Waals surface area contributed by atoms with E-state index in [1.807, 2.05) is 0 Å². The Balaban J connectivity index is 1.90. The van der Waals surface area contributed by atoms with Crippen molar-refractivity contribution in [3.63, 3.8) is 0 Å². The summed E-state index contributed by atoms with van der Waals surface area (Å²) in [5.74, 6) is 0.769. The number of rotatable bonds is 6. The van der Waals surface area contributed by atoms with Crippen LogP contribution in [0.1, 0.15) is 46.1 Å². The largest absolute Gasteiger partial charge is 0.309 e. The van der Waals surface area contributed by atoms with Gasteiger partial charge in [0.25, 0.3) is 0 Å². The summed E-state index contributed by atoms with van der Waals surface area (Å²) in [6.07, 6.45) is 3.72. The third-order valence-electron chi connectivity index (χ3n) is 4.91. The summed E-state index contributed by atoms with van der Waals surface area (Å²) in [6.45, 7) is 12.9. The van der Waals surface area contributed by atoms with E-state index in [-0.39, 0.29) is 5.54 Å². The van der Waals surface area contributed by atoms with Gasteiger partial charge in [-0.3, -0.25) is 4.90 Å². The summed E-state index contributed by atoms with van der Waals surface area (Å²) in [5, 5.41) is 3.72. The van der Waals surface area contributed by atoms with E-state index in [9.17, 15) is 0 Å². The molecule has 0 aliphatic carbocycles. The van der Waals surface area contributed by atoms with Crippen molar-refractivity contribution in [2.45, 2.75) is 58.5 Å². The van der Waals surface area contributed by atoms with Gasteiger partial charge in [-0.2, -0.15) is 0 Å². The molecule has 0 bridgehead atoms. The van der Waals surface area contributed by atoms with Crippen molar-refractivity contribution < 1.29 is 0 Å². The van der Waals surface area contributed by atoms with E-state index in [0.29, 0.717) is 6.04 Å². The Kier molecular flexibility index (Phi) is 5.83. The average Bonchev–Trinajstić information content (AvgIpc) is 2.47. The van der Waals surface area contributed by atoms with Crippen LogP contribution in [-0.4, -0.2) is 36.1 Å². The minimum atomic E-state index is 0.247. The van der Waals surface area contributed by atoms with E-state index >= 15 is 0 Å². The fourth-order valence-electron chi connectivity index (χ4n) is 3.40. The lowest BCUT2D eigenvalue weighted by Gasteiger charge is -2.47. The Bertz CT molecular complexity index is 413. The van der Waals surface area contributed by atoms with Crippen molar-refractivity contribution in [1.29, 1.82) is 0 Å². The lowest BCUT2D eigenvalue weighted by atomic mass is 9.90. The molecule has 1 fully saturated rings. The van der Waals surface area contributed by atoms with Crippen LogP contribution in [0.2, 0.25) is 0 Å². The molecule has 2 unspecified atom stereocenters. The standard InChI is InChI=1S/C19H32N2/c1-5-16(2)18-14-20-19(3,4)15-21(18)13-9-12-17-10-7-6-8-11-17/h6-8,10-11,16,18,20H,5,9,12-15H2,1-4H3. The predicted molar refractivity (Wildman–Crippen MR) is 91.7 cm³/mol. The summed E-state index contributed by atoms with van der Waals surface area (Å²) in [4.78, 5) is 2.73. The van der Waals surface area contributed by atoms with Crippen LogP contribution in [0.25, 0.3) is 0 Å². The minimum Gasteiger partial charge on any atom is -0.309 e. The topological polar surface area (TPSA) is 15.3 Å². The molecule has 0 radical (unpaired) electrons. The molecule has 0 spiro atoms. The van der Waals surface area contributed by atoms with E-state index in [0.717, 1.165) is 19.0 Å². The molecule has 1 aliphatic heterocycles. The van der Waals surface area contributed by atoms with Gasteiger partial charge in [-0.15, -0.1) is 0 Å². The average molecular weight is 288 g/mol. The number of nitrogens with zero attached hydrogens (tertiary/aromatic N) is 1. The molecule has 1 aromatic carbocycles. The van der Waals surface area contributed by atoms with Crippen molar-refractivity contribution in [1.82, 2.24) is 10.2 Å². The second-order valence-corrected chi connectivity index (χ2v) is 7.28.